The zero-order valence-corrected chi connectivity index (χ0v) is 10.7. The highest BCUT2D eigenvalue weighted by molar-refractivity contribution is 6.02. The number of carbonyl (C=O) groups is 2. The van der Waals surface area contributed by atoms with Crippen LogP contribution in [0.15, 0.2) is 18.2 Å². The number of ether oxygens (including phenoxy) is 1. The molecular formula is C13H16N2O3. The van der Waals surface area contributed by atoms with Crippen molar-refractivity contribution in [3.63, 3.8) is 0 Å². The number of amides is 2. The Morgan fingerprint density at radius 2 is 2.11 bits per heavy atom. The van der Waals surface area contributed by atoms with Gasteiger partial charge in [-0.15, -0.1) is 0 Å². The maximum atomic E-state index is 11.7. The van der Waals surface area contributed by atoms with E-state index in [1.54, 1.807) is 39.0 Å². The third-order valence-electron chi connectivity index (χ3n) is 2.42. The molecule has 18 heavy (non-hydrogen) atoms. The Labute approximate surface area is 106 Å². The minimum Gasteiger partial charge on any atom is -0.444 e. The monoisotopic (exact) mass is 248 g/mol. The lowest BCUT2D eigenvalue weighted by atomic mass is 10.1. The van der Waals surface area contributed by atoms with E-state index in [0.29, 0.717) is 5.69 Å². The number of nitrogens with one attached hydrogen (secondary N) is 2. The van der Waals surface area contributed by atoms with Gasteiger partial charge in [0, 0.05) is 16.9 Å². The van der Waals surface area contributed by atoms with Crippen molar-refractivity contribution in [2.75, 3.05) is 10.6 Å². The van der Waals surface area contributed by atoms with Crippen LogP contribution in [0.2, 0.25) is 0 Å². The van der Waals surface area contributed by atoms with Crippen LogP contribution < -0.4 is 10.6 Å². The second-order valence-electron chi connectivity index (χ2n) is 5.18. The average Bonchev–Trinajstić information content (AvgIpc) is 2.56. The molecule has 2 amide bonds. The van der Waals surface area contributed by atoms with Crippen LogP contribution in [-0.4, -0.2) is 17.6 Å². The first-order valence-corrected chi connectivity index (χ1v) is 5.77. The van der Waals surface area contributed by atoms with Gasteiger partial charge in [0.05, 0.1) is 6.42 Å². The Balaban J connectivity index is 2.14. The molecule has 0 unspecified atom stereocenters. The van der Waals surface area contributed by atoms with Crippen molar-refractivity contribution in [3.05, 3.63) is 23.8 Å². The first-order chi connectivity index (χ1) is 8.35. The summed E-state index contributed by atoms with van der Waals surface area (Å²) >= 11 is 0. The standard InChI is InChI=1S/C13H16N2O3/c1-13(2,3)18-12(17)15-10-6-4-5-9-8(10)7-11(16)14-9/h4-6H,7H2,1-3H3,(H,14,16)(H,15,17). The molecular weight excluding hydrogens is 232 g/mol. The lowest BCUT2D eigenvalue weighted by Crippen LogP contribution is -2.27. The Morgan fingerprint density at radius 1 is 1.39 bits per heavy atom. The SMILES string of the molecule is CC(C)(C)OC(=O)Nc1cccc2c1CC(=O)N2. The van der Waals surface area contributed by atoms with Gasteiger partial charge < -0.3 is 10.1 Å². The number of rotatable bonds is 1. The van der Waals surface area contributed by atoms with Gasteiger partial charge in [-0.25, -0.2) is 4.79 Å². The van der Waals surface area contributed by atoms with E-state index in [2.05, 4.69) is 10.6 Å². The summed E-state index contributed by atoms with van der Waals surface area (Å²) in [5.41, 5.74) is 1.61. The molecule has 2 N–H and O–H groups in total. The maximum absolute atomic E-state index is 11.7. The molecule has 0 aromatic heterocycles. The van der Waals surface area contributed by atoms with Crippen LogP contribution in [0, 0.1) is 0 Å². The van der Waals surface area contributed by atoms with Gasteiger partial charge in [0.25, 0.3) is 0 Å². The van der Waals surface area contributed by atoms with Gasteiger partial charge in [-0.2, -0.15) is 0 Å². The summed E-state index contributed by atoms with van der Waals surface area (Å²) in [5.74, 6) is -0.0663. The molecule has 1 aliphatic heterocycles. The van der Waals surface area contributed by atoms with Gasteiger partial charge in [-0.1, -0.05) is 6.07 Å². The molecule has 5 heteroatoms. The van der Waals surface area contributed by atoms with Gasteiger partial charge in [-0.05, 0) is 32.9 Å². The molecule has 0 saturated carbocycles. The Kier molecular flexibility index (Phi) is 2.98. The molecule has 1 heterocycles. The lowest BCUT2D eigenvalue weighted by molar-refractivity contribution is -0.115. The maximum Gasteiger partial charge on any atom is 0.412 e. The van der Waals surface area contributed by atoms with E-state index in [1.165, 1.54) is 0 Å². The summed E-state index contributed by atoms with van der Waals surface area (Å²) < 4.78 is 5.17. The van der Waals surface area contributed by atoms with E-state index in [4.69, 9.17) is 4.74 Å². The first-order valence-electron chi connectivity index (χ1n) is 5.77. The summed E-state index contributed by atoms with van der Waals surface area (Å²) in [4.78, 5) is 23.0. The van der Waals surface area contributed by atoms with Crippen LogP contribution in [-0.2, 0) is 16.0 Å². The Hall–Kier alpha value is -2.04. The van der Waals surface area contributed by atoms with Crippen molar-refractivity contribution in [3.8, 4) is 0 Å². The summed E-state index contributed by atoms with van der Waals surface area (Å²) in [7, 11) is 0. The van der Waals surface area contributed by atoms with Gasteiger partial charge in [0.2, 0.25) is 5.91 Å². The molecule has 0 spiro atoms. The molecule has 1 aliphatic rings. The molecule has 0 saturated heterocycles. The fourth-order valence-corrected chi connectivity index (χ4v) is 1.78. The van der Waals surface area contributed by atoms with Gasteiger partial charge >= 0.3 is 6.09 Å². The summed E-state index contributed by atoms with van der Waals surface area (Å²) in [6.45, 7) is 5.40. The third-order valence-corrected chi connectivity index (χ3v) is 2.42. The van der Waals surface area contributed by atoms with E-state index in [-0.39, 0.29) is 12.3 Å². The van der Waals surface area contributed by atoms with Crippen LogP contribution in [0.1, 0.15) is 26.3 Å². The smallest absolute Gasteiger partial charge is 0.412 e. The minimum atomic E-state index is -0.546. The fraction of sp³-hybridized carbons (Fsp3) is 0.385. The largest absolute Gasteiger partial charge is 0.444 e. The van der Waals surface area contributed by atoms with Crippen LogP contribution in [0.25, 0.3) is 0 Å². The summed E-state index contributed by atoms with van der Waals surface area (Å²) in [6.07, 6.45) is -0.239. The number of hydrogen-bond acceptors (Lipinski definition) is 3. The van der Waals surface area contributed by atoms with Gasteiger partial charge in [0.1, 0.15) is 5.60 Å². The minimum absolute atomic E-state index is 0.0663. The number of fused-ring (bicyclic) bond motifs is 1. The molecule has 2 rings (SSSR count). The van der Waals surface area contributed by atoms with Crippen LogP contribution in [0.4, 0.5) is 16.2 Å². The van der Waals surface area contributed by atoms with E-state index >= 15 is 0 Å². The highest BCUT2D eigenvalue weighted by Gasteiger charge is 2.22. The van der Waals surface area contributed by atoms with E-state index in [1.807, 2.05) is 0 Å². The third kappa shape index (κ3) is 2.80. The molecule has 1 aromatic carbocycles. The number of anilines is 2. The molecule has 96 valence electrons. The van der Waals surface area contributed by atoms with Crippen LogP contribution >= 0.6 is 0 Å². The van der Waals surface area contributed by atoms with Crippen molar-refractivity contribution in [1.82, 2.24) is 0 Å². The number of benzene rings is 1. The molecule has 5 nitrogen and oxygen atoms in total. The van der Waals surface area contributed by atoms with Crippen molar-refractivity contribution in [2.24, 2.45) is 0 Å². The highest BCUT2D eigenvalue weighted by atomic mass is 16.6. The van der Waals surface area contributed by atoms with Crippen molar-refractivity contribution in [1.29, 1.82) is 0 Å². The lowest BCUT2D eigenvalue weighted by Gasteiger charge is -2.20. The Morgan fingerprint density at radius 3 is 2.78 bits per heavy atom. The molecule has 0 bridgehead atoms. The zero-order valence-electron chi connectivity index (χ0n) is 10.7. The highest BCUT2D eigenvalue weighted by Crippen LogP contribution is 2.30. The quantitative estimate of drug-likeness (QED) is 0.802. The second kappa shape index (κ2) is 4.33. The zero-order chi connectivity index (χ0) is 13.3. The Bertz CT molecular complexity index is 503. The number of carbonyl (C=O) groups excluding carboxylic acids is 2. The molecule has 0 radical (unpaired) electrons. The average molecular weight is 248 g/mol. The topological polar surface area (TPSA) is 67.4 Å². The molecule has 0 fully saturated rings. The summed E-state index contributed by atoms with van der Waals surface area (Å²) in [5, 5.41) is 5.39. The van der Waals surface area contributed by atoms with E-state index < -0.39 is 11.7 Å². The predicted molar refractivity (Wildman–Crippen MR) is 68.6 cm³/mol. The molecule has 0 atom stereocenters. The number of hydrogen-bond donors (Lipinski definition) is 2. The van der Waals surface area contributed by atoms with E-state index in [9.17, 15) is 9.59 Å². The van der Waals surface area contributed by atoms with Gasteiger partial charge in [0.15, 0.2) is 0 Å². The van der Waals surface area contributed by atoms with Crippen LogP contribution in [0.3, 0.4) is 0 Å². The fourth-order valence-electron chi connectivity index (χ4n) is 1.78. The van der Waals surface area contributed by atoms with Crippen LogP contribution in [0.5, 0.6) is 0 Å². The predicted octanol–water partition coefficient (Wildman–Crippen LogP) is 2.53. The van der Waals surface area contributed by atoms with Crippen molar-refractivity contribution >= 4 is 23.4 Å². The second-order valence-corrected chi connectivity index (χ2v) is 5.18. The molecule has 0 aliphatic carbocycles. The summed E-state index contributed by atoms with van der Waals surface area (Å²) in [6, 6.07) is 5.33. The normalized spacial score (nSPS) is 13.8. The first kappa shape index (κ1) is 12.4. The van der Waals surface area contributed by atoms with Gasteiger partial charge in [-0.3, -0.25) is 10.1 Å². The van der Waals surface area contributed by atoms with Crippen molar-refractivity contribution < 1.29 is 14.3 Å². The van der Waals surface area contributed by atoms with E-state index in [0.717, 1.165) is 11.3 Å². The molecule has 1 aromatic rings. The van der Waals surface area contributed by atoms with Crippen molar-refractivity contribution in [2.45, 2.75) is 32.8 Å².